The molecule has 8 nitrogen and oxygen atoms in total. The van der Waals surface area contributed by atoms with Crippen molar-refractivity contribution in [2.24, 2.45) is 11.8 Å². The van der Waals surface area contributed by atoms with Gasteiger partial charge in [0.1, 0.15) is 0 Å². The van der Waals surface area contributed by atoms with Crippen molar-refractivity contribution in [3.63, 3.8) is 0 Å². The second kappa shape index (κ2) is 10.9. The molecule has 0 fully saturated rings. The minimum absolute atomic E-state index is 0.0338. The Hall–Kier alpha value is -2.84. The molecule has 0 heterocycles. The van der Waals surface area contributed by atoms with E-state index in [4.69, 9.17) is 23.7 Å². The van der Waals surface area contributed by atoms with Crippen LogP contribution in [-0.4, -0.2) is 63.6 Å². The zero-order valence-corrected chi connectivity index (χ0v) is 19.9. The highest BCUT2D eigenvalue weighted by molar-refractivity contribution is 5.64. The lowest BCUT2D eigenvalue weighted by Gasteiger charge is -2.40. The lowest BCUT2D eigenvalue weighted by Crippen LogP contribution is -2.36. The van der Waals surface area contributed by atoms with Crippen LogP contribution in [0.3, 0.4) is 0 Å². The number of benzene rings is 2. The van der Waals surface area contributed by atoms with Gasteiger partial charge in [-0.2, -0.15) is 0 Å². The minimum atomic E-state index is -0.335. The number of rotatable bonds is 10. The van der Waals surface area contributed by atoms with Gasteiger partial charge < -0.3 is 39.0 Å². The van der Waals surface area contributed by atoms with Crippen molar-refractivity contribution < 1.29 is 39.0 Å². The molecule has 182 valence electrons. The average molecular weight is 463 g/mol. The number of ether oxygens (including phenoxy) is 5. The molecule has 33 heavy (non-hydrogen) atoms. The fourth-order valence-corrected chi connectivity index (χ4v) is 4.78. The fourth-order valence-electron chi connectivity index (χ4n) is 4.78. The summed E-state index contributed by atoms with van der Waals surface area (Å²) in [6.45, 7) is 3.01. The smallest absolute Gasteiger partial charge is 0.201 e. The van der Waals surface area contributed by atoms with E-state index in [0.717, 1.165) is 23.1 Å². The second-order valence-corrected chi connectivity index (χ2v) is 8.17. The van der Waals surface area contributed by atoms with Crippen molar-refractivity contribution in [3.8, 4) is 34.5 Å². The number of hydrogen-bond acceptors (Lipinski definition) is 8. The summed E-state index contributed by atoms with van der Waals surface area (Å²) < 4.78 is 27.8. The first kappa shape index (κ1) is 24.8. The molecule has 0 aliphatic heterocycles. The number of fused-ring (bicyclic) bond motifs is 1. The molecule has 0 unspecified atom stereocenters. The Morgan fingerprint density at radius 3 is 2.00 bits per heavy atom. The van der Waals surface area contributed by atoms with E-state index < -0.39 is 0 Å². The van der Waals surface area contributed by atoms with Crippen molar-refractivity contribution in [1.82, 2.24) is 0 Å². The number of methoxy groups -OCH3 is 4. The Balaban J connectivity index is 2.30. The number of phenolic OH excluding ortho intramolecular Hbond substituents is 2. The molecule has 3 N–H and O–H groups in total. The molecule has 8 heteroatoms. The number of aliphatic hydroxyl groups is 1. The average Bonchev–Trinajstić information content (AvgIpc) is 2.83. The number of hydrogen-bond donors (Lipinski definition) is 3. The van der Waals surface area contributed by atoms with E-state index in [1.165, 1.54) is 28.4 Å². The van der Waals surface area contributed by atoms with Gasteiger partial charge in [-0.05, 0) is 54.0 Å². The normalized spacial score (nSPS) is 19.6. The summed E-state index contributed by atoms with van der Waals surface area (Å²) in [4.78, 5) is 0. The topological polar surface area (TPSA) is 107 Å². The van der Waals surface area contributed by atoms with Gasteiger partial charge in [-0.15, -0.1) is 0 Å². The van der Waals surface area contributed by atoms with Crippen LogP contribution in [0.2, 0.25) is 0 Å². The van der Waals surface area contributed by atoms with E-state index in [1.807, 2.05) is 6.92 Å². The Morgan fingerprint density at radius 1 is 0.879 bits per heavy atom. The van der Waals surface area contributed by atoms with Gasteiger partial charge in [-0.25, -0.2) is 0 Å². The Kier molecular flexibility index (Phi) is 8.15. The largest absolute Gasteiger partial charge is 0.502 e. The highest BCUT2D eigenvalue weighted by Crippen LogP contribution is 2.54. The lowest BCUT2D eigenvalue weighted by molar-refractivity contribution is 0.0460. The number of aromatic hydroxyl groups is 2. The molecule has 3 rings (SSSR count). The maximum Gasteiger partial charge on any atom is 0.201 e. The van der Waals surface area contributed by atoms with Crippen molar-refractivity contribution in [3.05, 3.63) is 34.9 Å². The third-order valence-electron chi connectivity index (χ3n) is 6.35. The molecule has 0 aromatic heterocycles. The van der Waals surface area contributed by atoms with Gasteiger partial charge in [-0.3, -0.25) is 0 Å². The van der Waals surface area contributed by atoms with Crippen LogP contribution in [0.1, 0.15) is 36.0 Å². The van der Waals surface area contributed by atoms with Crippen molar-refractivity contribution in [2.75, 3.05) is 48.3 Å². The molecule has 1 aliphatic carbocycles. The van der Waals surface area contributed by atoms with Crippen LogP contribution in [0.25, 0.3) is 0 Å². The maximum atomic E-state index is 10.9. The van der Waals surface area contributed by atoms with Crippen LogP contribution in [0.15, 0.2) is 18.2 Å². The van der Waals surface area contributed by atoms with Gasteiger partial charge in [0.15, 0.2) is 23.0 Å². The standard InChI is InChI=1S/C25H34O8/c1-6-7-33-13-17-16(12-26)8-14-9-20(31-4)24(28)25(32-5)22(14)21(17)15-10-18(29-2)23(27)19(11-15)30-3/h9-11,16-17,21,26-28H,6-8,12-13H2,1-5H3/t16-,17-,21+/m1/s1. The van der Waals surface area contributed by atoms with Crippen LogP contribution in [0, 0.1) is 11.8 Å². The van der Waals surface area contributed by atoms with Gasteiger partial charge in [0, 0.05) is 24.7 Å². The first-order valence-corrected chi connectivity index (χ1v) is 11.1. The first-order valence-electron chi connectivity index (χ1n) is 11.1. The van der Waals surface area contributed by atoms with Gasteiger partial charge in [-0.1, -0.05) is 6.92 Å². The predicted molar refractivity (Wildman–Crippen MR) is 123 cm³/mol. The van der Waals surface area contributed by atoms with Crippen LogP contribution in [-0.2, 0) is 11.2 Å². The lowest BCUT2D eigenvalue weighted by atomic mass is 9.66. The van der Waals surface area contributed by atoms with Crippen LogP contribution >= 0.6 is 0 Å². The quantitative estimate of drug-likeness (QED) is 0.461. The van der Waals surface area contributed by atoms with Crippen molar-refractivity contribution in [1.29, 1.82) is 0 Å². The molecule has 3 atom stereocenters. The monoisotopic (exact) mass is 462 g/mol. The Labute approximate surface area is 194 Å². The zero-order chi connectivity index (χ0) is 24.1. The minimum Gasteiger partial charge on any atom is -0.502 e. The number of phenols is 2. The van der Waals surface area contributed by atoms with E-state index in [0.29, 0.717) is 31.1 Å². The third-order valence-corrected chi connectivity index (χ3v) is 6.35. The van der Waals surface area contributed by atoms with E-state index in [9.17, 15) is 15.3 Å². The molecular weight excluding hydrogens is 428 g/mol. The highest BCUT2D eigenvalue weighted by Gasteiger charge is 2.41. The fraction of sp³-hybridized carbons (Fsp3) is 0.520. The number of aliphatic hydroxyl groups excluding tert-OH is 1. The third kappa shape index (κ3) is 4.63. The first-order chi connectivity index (χ1) is 15.9. The summed E-state index contributed by atoms with van der Waals surface area (Å²) in [6, 6.07) is 5.29. The molecule has 0 radical (unpaired) electrons. The molecule has 0 saturated carbocycles. The summed E-state index contributed by atoms with van der Waals surface area (Å²) in [6.07, 6.45) is 1.45. The zero-order valence-electron chi connectivity index (χ0n) is 19.9. The van der Waals surface area contributed by atoms with E-state index in [-0.39, 0.29) is 47.4 Å². The maximum absolute atomic E-state index is 10.9. The summed E-state index contributed by atoms with van der Waals surface area (Å²) in [5.41, 5.74) is 2.48. The molecule has 0 bridgehead atoms. The van der Waals surface area contributed by atoms with E-state index in [1.54, 1.807) is 18.2 Å². The van der Waals surface area contributed by atoms with Crippen LogP contribution in [0.4, 0.5) is 0 Å². The second-order valence-electron chi connectivity index (χ2n) is 8.17. The highest BCUT2D eigenvalue weighted by atomic mass is 16.5. The molecule has 1 aliphatic rings. The summed E-state index contributed by atoms with van der Waals surface area (Å²) in [5.74, 6) is 0.402. The van der Waals surface area contributed by atoms with Crippen molar-refractivity contribution in [2.45, 2.75) is 25.7 Å². The molecule has 0 amide bonds. The molecule has 0 spiro atoms. The Bertz CT molecular complexity index is 933. The van der Waals surface area contributed by atoms with Gasteiger partial charge in [0.2, 0.25) is 11.5 Å². The molecular formula is C25H34O8. The summed E-state index contributed by atoms with van der Waals surface area (Å²) >= 11 is 0. The van der Waals surface area contributed by atoms with Crippen LogP contribution in [0.5, 0.6) is 34.5 Å². The van der Waals surface area contributed by atoms with Gasteiger partial charge in [0.05, 0.1) is 35.0 Å². The van der Waals surface area contributed by atoms with Gasteiger partial charge >= 0.3 is 0 Å². The molecule has 2 aromatic carbocycles. The summed E-state index contributed by atoms with van der Waals surface area (Å²) in [7, 11) is 5.94. The Morgan fingerprint density at radius 2 is 1.48 bits per heavy atom. The van der Waals surface area contributed by atoms with E-state index in [2.05, 4.69) is 0 Å². The van der Waals surface area contributed by atoms with E-state index >= 15 is 0 Å². The molecule has 0 saturated heterocycles. The SMILES string of the molecule is CCCOC[C@@H]1[C@@H](CO)Cc2cc(OC)c(O)c(OC)c2[C@H]1c1cc(OC)c(O)c(OC)c1. The molecule has 2 aromatic rings. The summed E-state index contributed by atoms with van der Waals surface area (Å²) in [5, 5.41) is 31.6. The van der Waals surface area contributed by atoms with Crippen molar-refractivity contribution >= 4 is 0 Å². The van der Waals surface area contributed by atoms with Crippen LogP contribution < -0.4 is 18.9 Å². The predicted octanol–water partition coefficient (Wildman–Crippen LogP) is 3.47. The van der Waals surface area contributed by atoms with Gasteiger partial charge in [0.25, 0.3) is 0 Å².